The fourth-order valence-corrected chi connectivity index (χ4v) is 1.71. The Morgan fingerprint density at radius 1 is 0.600 bits per heavy atom. The predicted octanol–water partition coefficient (Wildman–Crippen LogP) is 5.09. The third-order valence-electron chi connectivity index (χ3n) is 2.96. The third-order valence-corrected chi connectivity index (χ3v) is 3.54. The van der Waals surface area contributed by atoms with Crippen LogP contribution in [0.1, 0.15) is 51.4 Å². The molecule has 0 spiro atoms. The van der Waals surface area contributed by atoms with Crippen LogP contribution < -0.4 is 0 Å². The molecule has 0 fully saturated rings. The van der Waals surface area contributed by atoms with Gasteiger partial charge in [-0.25, -0.2) is 0 Å². The van der Waals surface area contributed by atoms with Gasteiger partial charge in [-0.3, -0.25) is 4.55 Å². The molecule has 8 heteroatoms. The van der Waals surface area contributed by atoms with E-state index in [9.17, 15) is 13.2 Å². The number of halogens is 3. The second-order valence-electron chi connectivity index (χ2n) is 5.12. The van der Waals surface area contributed by atoms with E-state index in [-0.39, 0.29) is 29.6 Å². The van der Waals surface area contributed by atoms with Crippen LogP contribution >= 0.6 is 0 Å². The molecule has 0 saturated carbocycles. The molecule has 0 saturated heterocycles. The van der Waals surface area contributed by atoms with Crippen LogP contribution in [0.2, 0.25) is 0 Å². The number of hydrogen-bond donors (Lipinski definition) is 1. The van der Waals surface area contributed by atoms with E-state index < -0.39 is 15.6 Å². The Labute approximate surface area is 170 Å². The van der Waals surface area contributed by atoms with Gasteiger partial charge in [0.1, 0.15) is 0 Å². The molecule has 0 aromatic carbocycles. The van der Waals surface area contributed by atoms with Crippen molar-refractivity contribution in [1.29, 1.82) is 0 Å². The van der Waals surface area contributed by atoms with Crippen molar-refractivity contribution in [2.24, 2.45) is 0 Å². The molecule has 0 radical (unpaired) electrons. The molecule has 2 aliphatic rings. The minimum absolute atomic E-state index is 0. The van der Waals surface area contributed by atoms with E-state index >= 15 is 0 Å². The van der Waals surface area contributed by atoms with Gasteiger partial charge >= 0.3 is 45.2 Å². The van der Waals surface area contributed by atoms with Crippen molar-refractivity contribution in [3.05, 3.63) is 48.6 Å². The molecular formula is C17H26F3NaO3S. The Hall–Kier alpha value is -0.340. The topological polar surface area (TPSA) is 54.4 Å². The molecule has 0 aliphatic heterocycles. The molecule has 0 heterocycles. The normalized spacial score (nSPS) is 22.4. The van der Waals surface area contributed by atoms with Gasteiger partial charge < -0.3 is 0 Å². The fourth-order valence-electron chi connectivity index (χ4n) is 1.71. The van der Waals surface area contributed by atoms with Gasteiger partial charge in [-0.15, -0.1) is 0 Å². The van der Waals surface area contributed by atoms with Crippen molar-refractivity contribution in [2.45, 2.75) is 56.9 Å². The van der Waals surface area contributed by atoms with Gasteiger partial charge in [0.25, 0.3) is 0 Å². The van der Waals surface area contributed by atoms with Crippen LogP contribution in [0, 0.1) is 0 Å². The van der Waals surface area contributed by atoms with Gasteiger partial charge in [0.2, 0.25) is 0 Å². The first-order chi connectivity index (χ1) is 11.2. The molecule has 0 atom stereocenters. The molecule has 140 valence electrons. The Morgan fingerprint density at radius 2 is 0.720 bits per heavy atom. The first-order valence-corrected chi connectivity index (χ1v) is 9.33. The number of rotatable bonds is 0. The summed E-state index contributed by atoms with van der Waals surface area (Å²) in [6.45, 7) is 0. The first kappa shape index (κ1) is 26.9. The quantitative estimate of drug-likeness (QED) is 0.271. The third kappa shape index (κ3) is 18.3. The van der Waals surface area contributed by atoms with E-state index in [0.29, 0.717) is 0 Å². The van der Waals surface area contributed by atoms with E-state index in [1.807, 2.05) is 0 Å². The van der Waals surface area contributed by atoms with E-state index in [1.54, 1.807) is 0 Å². The Bertz CT molecular complexity index is 456. The SMILES string of the molecule is C1=C\CC/C=C\CC/1.C1=C\CC/C=C\CC/1.O=S(=O)(O)C(F)(F)F.[NaH]. The van der Waals surface area contributed by atoms with Gasteiger partial charge in [0, 0.05) is 0 Å². The second kappa shape index (κ2) is 15.9. The van der Waals surface area contributed by atoms with E-state index in [1.165, 1.54) is 51.4 Å². The van der Waals surface area contributed by atoms with Crippen molar-refractivity contribution < 1.29 is 26.1 Å². The number of allylic oxidation sites excluding steroid dienone is 8. The zero-order valence-electron chi connectivity index (χ0n) is 13.6. The monoisotopic (exact) mass is 390 g/mol. The van der Waals surface area contributed by atoms with Crippen LogP contribution in [0.3, 0.4) is 0 Å². The second-order valence-corrected chi connectivity index (χ2v) is 6.53. The maximum absolute atomic E-state index is 10.7. The van der Waals surface area contributed by atoms with Crippen LogP contribution in [0.4, 0.5) is 13.2 Å². The van der Waals surface area contributed by atoms with E-state index in [4.69, 9.17) is 13.0 Å². The Balaban J connectivity index is 0. The minimum atomic E-state index is -5.84. The number of hydrogen-bond acceptors (Lipinski definition) is 2. The van der Waals surface area contributed by atoms with Gasteiger partial charge in [-0.2, -0.15) is 21.6 Å². The summed E-state index contributed by atoms with van der Waals surface area (Å²) in [7, 11) is -5.84. The summed E-state index contributed by atoms with van der Waals surface area (Å²) in [5.41, 5.74) is -5.53. The summed E-state index contributed by atoms with van der Waals surface area (Å²) >= 11 is 0. The average molecular weight is 390 g/mol. The standard InChI is InChI=1S/2C8H12.CHF3O3S.Na.H/c2*1-2-4-6-8-7-5-3-1;2-1(3,4)8(5,6)7;;/h2*1-2,7-8H,3-6H2;(H,5,6,7);;/b2*2-1-,8-7-;;;. The molecule has 0 unspecified atom stereocenters. The fraction of sp³-hybridized carbons (Fsp3) is 0.529. The maximum atomic E-state index is 10.7. The van der Waals surface area contributed by atoms with Crippen LogP contribution in [0.5, 0.6) is 0 Å². The summed E-state index contributed by atoms with van der Waals surface area (Å²) in [6.07, 6.45) is 28.0. The summed E-state index contributed by atoms with van der Waals surface area (Å²) in [6, 6.07) is 0. The zero-order valence-corrected chi connectivity index (χ0v) is 14.4. The van der Waals surface area contributed by atoms with Crippen LogP contribution in [0.15, 0.2) is 48.6 Å². The molecule has 3 nitrogen and oxygen atoms in total. The molecule has 0 aromatic heterocycles. The molecule has 2 rings (SSSR count). The van der Waals surface area contributed by atoms with Gasteiger partial charge in [-0.1, -0.05) is 48.6 Å². The molecule has 2 aliphatic carbocycles. The molecule has 1 N–H and O–H groups in total. The summed E-state index contributed by atoms with van der Waals surface area (Å²) in [5.74, 6) is 0. The van der Waals surface area contributed by atoms with E-state index in [0.717, 1.165) is 0 Å². The van der Waals surface area contributed by atoms with Gasteiger partial charge in [0.05, 0.1) is 0 Å². The first-order valence-electron chi connectivity index (χ1n) is 7.89. The van der Waals surface area contributed by atoms with Crippen LogP contribution in [-0.2, 0) is 10.1 Å². The van der Waals surface area contributed by atoms with Crippen LogP contribution in [-0.4, -0.2) is 48.0 Å². The summed E-state index contributed by atoms with van der Waals surface area (Å²) in [4.78, 5) is 0. The summed E-state index contributed by atoms with van der Waals surface area (Å²) in [5, 5.41) is 0. The van der Waals surface area contributed by atoms with Gasteiger partial charge in [-0.05, 0) is 51.4 Å². The van der Waals surface area contributed by atoms with Crippen molar-refractivity contribution in [2.75, 3.05) is 0 Å². The van der Waals surface area contributed by atoms with Crippen molar-refractivity contribution >= 4 is 39.7 Å². The average Bonchev–Trinajstić information content (AvgIpc) is 2.35. The Morgan fingerprint density at radius 3 is 0.800 bits per heavy atom. The molecule has 0 aromatic rings. The Kier molecular flexibility index (Phi) is 17.1. The van der Waals surface area contributed by atoms with Crippen molar-refractivity contribution in [1.82, 2.24) is 0 Å². The number of alkyl halides is 3. The molecule has 0 bridgehead atoms. The van der Waals surface area contributed by atoms with Crippen molar-refractivity contribution in [3.63, 3.8) is 0 Å². The summed E-state index contributed by atoms with van der Waals surface area (Å²) < 4.78 is 57.5. The zero-order chi connectivity index (χ0) is 18.3. The van der Waals surface area contributed by atoms with Crippen LogP contribution in [0.25, 0.3) is 0 Å². The van der Waals surface area contributed by atoms with Crippen molar-refractivity contribution in [3.8, 4) is 0 Å². The van der Waals surface area contributed by atoms with Gasteiger partial charge in [0.15, 0.2) is 0 Å². The molecular weight excluding hydrogens is 364 g/mol. The molecule has 25 heavy (non-hydrogen) atoms. The van der Waals surface area contributed by atoms with E-state index in [2.05, 4.69) is 48.6 Å². The predicted molar refractivity (Wildman–Crippen MR) is 98.2 cm³/mol. The molecule has 0 amide bonds.